The highest BCUT2D eigenvalue weighted by molar-refractivity contribution is 5.92. The van der Waals surface area contributed by atoms with E-state index in [-0.39, 0.29) is 46.4 Å². The van der Waals surface area contributed by atoms with E-state index >= 15 is 4.39 Å². The van der Waals surface area contributed by atoms with E-state index in [2.05, 4.69) is 27.7 Å². The molecule has 166 valence electrons. The Hall–Kier alpha value is -0.740. The minimum atomic E-state index is -0.714. The molecule has 6 aliphatic rings. The van der Waals surface area contributed by atoms with Crippen molar-refractivity contribution in [2.24, 2.45) is 34.5 Å². The molecule has 2 heterocycles. The molecule has 0 spiro atoms. The predicted molar refractivity (Wildman–Crippen MR) is 113 cm³/mol. The van der Waals surface area contributed by atoms with Gasteiger partial charge in [0.1, 0.15) is 12.3 Å². The quantitative estimate of drug-likeness (QED) is 0.575. The maximum atomic E-state index is 15.5. The van der Waals surface area contributed by atoms with Gasteiger partial charge in [0.05, 0.1) is 17.8 Å². The smallest absolute Gasteiger partial charge is 0.155 e. The van der Waals surface area contributed by atoms with Crippen molar-refractivity contribution in [3.05, 3.63) is 11.6 Å². The van der Waals surface area contributed by atoms with Gasteiger partial charge in [0, 0.05) is 6.42 Å². The molecule has 3 nitrogen and oxygen atoms in total. The van der Waals surface area contributed by atoms with Crippen LogP contribution in [0.15, 0.2) is 11.6 Å². The molecule has 4 heteroatoms. The summed E-state index contributed by atoms with van der Waals surface area (Å²) in [7, 11) is 0. The van der Waals surface area contributed by atoms with E-state index in [9.17, 15) is 4.79 Å². The van der Waals surface area contributed by atoms with Crippen LogP contribution < -0.4 is 0 Å². The second-order valence-electron chi connectivity index (χ2n) is 12.3. The fraction of sp³-hybridized carbons (Fsp3) is 0.885. The zero-order chi connectivity index (χ0) is 21.1. The van der Waals surface area contributed by atoms with Gasteiger partial charge in [-0.3, -0.25) is 4.79 Å². The van der Waals surface area contributed by atoms with E-state index in [4.69, 9.17) is 9.47 Å². The zero-order valence-corrected chi connectivity index (χ0v) is 19.0. The fourth-order valence-electron chi connectivity index (χ4n) is 8.69. The van der Waals surface area contributed by atoms with Crippen LogP contribution in [0.25, 0.3) is 0 Å². The minimum absolute atomic E-state index is 0.0393. The number of epoxide rings is 2. The third kappa shape index (κ3) is 2.65. The number of hydrogen-bond donors (Lipinski definition) is 0. The lowest BCUT2D eigenvalue weighted by Crippen LogP contribution is -2.54. The summed E-state index contributed by atoms with van der Waals surface area (Å²) < 4.78 is 27.5. The van der Waals surface area contributed by atoms with Gasteiger partial charge >= 0.3 is 0 Å². The van der Waals surface area contributed by atoms with Crippen LogP contribution in [0, 0.1) is 34.5 Å². The molecule has 0 bridgehead atoms. The molecule has 0 amide bonds. The van der Waals surface area contributed by atoms with Crippen molar-refractivity contribution in [2.45, 2.75) is 109 Å². The van der Waals surface area contributed by atoms with Gasteiger partial charge in [-0.05, 0) is 105 Å². The molecule has 0 aromatic carbocycles. The molecular weight excluding hydrogens is 379 g/mol. The standard InChI is InChI=1S/C26H37FO3/c1-24(2)20(30-24)8-7-19(27)15-5-6-16-21-17(10-12-25(15,16)3)26(4)11-9-14(28)13-18(26)22-23(21)29-22/h13,15-17,19-23H,5-12H2,1-4H3/t15-,16+,17+,19-,20?,21+,22?,23?,25-,26-/m1/s1. The normalized spacial score (nSPS) is 53.7. The van der Waals surface area contributed by atoms with Crippen molar-refractivity contribution in [1.29, 1.82) is 0 Å². The van der Waals surface area contributed by atoms with E-state index in [1.807, 2.05) is 6.08 Å². The van der Waals surface area contributed by atoms with Gasteiger partial charge in [0.15, 0.2) is 5.78 Å². The van der Waals surface area contributed by atoms with E-state index in [0.29, 0.717) is 30.6 Å². The maximum absolute atomic E-state index is 15.5. The molecule has 2 aliphatic heterocycles. The third-order valence-corrected chi connectivity index (χ3v) is 10.6. The van der Waals surface area contributed by atoms with Crippen LogP contribution in [0.2, 0.25) is 0 Å². The van der Waals surface area contributed by atoms with Gasteiger partial charge in [0.25, 0.3) is 0 Å². The molecule has 0 aromatic rings. The molecule has 0 aromatic heterocycles. The fourth-order valence-corrected chi connectivity index (χ4v) is 8.69. The molecule has 30 heavy (non-hydrogen) atoms. The molecule has 4 aliphatic carbocycles. The summed E-state index contributed by atoms with van der Waals surface area (Å²) in [5.41, 5.74) is 1.46. The lowest BCUT2D eigenvalue weighted by atomic mass is 9.46. The molecule has 5 fully saturated rings. The number of hydrogen-bond acceptors (Lipinski definition) is 3. The summed E-state index contributed by atoms with van der Waals surface area (Å²) >= 11 is 0. The first-order valence-electron chi connectivity index (χ1n) is 12.4. The molecule has 0 N–H and O–H groups in total. The van der Waals surface area contributed by atoms with Crippen LogP contribution in [-0.4, -0.2) is 35.9 Å². The van der Waals surface area contributed by atoms with Crippen LogP contribution in [0.1, 0.15) is 79.1 Å². The van der Waals surface area contributed by atoms with Crippen molar-refractivity contribution in [3.8, 4) is 0 Å². The first-order valence-corrected chi connectivity index (χ1v) is 12.4. The molecule has 10 atom stereocenters. The predicted octanol–water partition coefficient (Wildman–Crippen LogP) is 5.42. The summed E-state index contributed by atoms with van der Waals surface area (Å²) in [4.78, 5) is 12.1. The number of alkyl halides is 1. The molecule has 3 saturated carbocycles. The van der Waals surface area contributed by atoms with Crippen LogP contribution in [0.5, 0.6) is 0 Å². The Morgan fingerprint density at radius 1 is 1.13 bits per heavy atom. The van der Waals surface area contributed by atoms with E-state index < -0.39 is 6.17 Å². The van der Waals surface area contributed by atoms with E-state index in [1.54, 1.807) is 0 Å². The maximum Gasteiger partial charge on any atom is 0.155 e. The Labute approximate surface area is 180 Å². The van der Waals surface area contributed by atoms with Crippen molar-refractivity contribution >= 4 is 5.78 Å². The van der Waals surface area contributed by atoms with Crippen LogP contribution in [-0.2, 0) is 14.3 Å². The van der Waals surface area contributed by atoms with E-state index in [0.717, 1.165) is 38.5 Å². The summed E-state index contributed by atoms with van der Waals surface area (Å²) in [6.07, 6.45) is 9.51. The summed E-state index contributed by atoms with van der Waals surface area (Å²) in [5.74, 6) is 2.17. The zero-order valence-electron chi connectivity index (χ0n) is 19.0. The average molecular weight is 417 g/mol. The second-order valence-corrected chi connectivity index (χ2v) is 12.3. The molecule has 2 saturated heterocycles. The number of carbonyl (C=O) groups excluding carboxylic acids is 1. The van der Waals surface area contributed by atoms with Crippen molar-refractivity contribution < 1.29 is 18.7 Å². The first-order chi connectivity index (χ1) is 14.1. The third-order valence-electron chi connectivity index (χ3n) is 10.6. The summed E-state index contributed by atoms with van der Waals surface area (Å²) in [6, 6.07) is 0. The van der Waals surface area contributed by atoms with Crippen LogP contribution in [0.3, 0.4) is 0 Å². The second kappa shape index (κ2) is 6.19. The lowest BCUT2D eigenvalue weighted by molar-refractivity contribution is -0.117. The summed E-state index contributed by atoms with van der Waals surface area (Å²) in [6.45, 7) is 9.00. The van der Waals surface area contributed by atoms with Crippen molar-refractivity contribution in [2.75, 3.05) is 0 Å². The topological polar surface area (TPSA) is 42.1 Å². The Bertz CT molecular complexity index is 804. The molecular formula is C26H37FO3. The van der Waals surface area contributed by atoms with E-state index in [1.165, 1.54) is 5.57 Å². The number of carbonyl (C=O) groups is 1. The van der Waals surface area contributed by atoms with Gasteiger partial charge in [0.2, 0.25) is 0 Å². The highest BCUT2D eigenvalue weighted by Gasteiger charge is 2.69. The van der Waals surface area contributed by atoms with Gasteiger partial charge in [-0.2, -0.15) is 0 Å². The monoisotopic (exact) mass is 416 g/mol. The Morgan fingerprint density at radius 3 is 2.63 bits per heavy atom. The largest absolute Gasteiger partial charge is 0.367 e. The van der Waals surface area contributed by atoms with Crippen LogP contribution >= 0.6 is 0 Å². The van der Waals surface area contributed by atoms with Crippen LogP contribution in [0.4, 0.5) is 4.39 Å². The summed E-state index contributed by atoms with van der Waals surface area (Å²) in [5, 5.41) is 0. The number of rotatable bonds is 4. The number of ketones is 1. The highest BCUT2D eigenvalue weighted by Crippen LogP contribution is 2.70. The Kier molecular flexibility index (Phi) is 4.11. The molecule has 0 radical (unpaired) electrons. The number of ether oxygens (including phenoxy) is 2. The lowest BCUT2D eigenvalue weighted by Gasteiger charge is -2.56. The first kappa shape index (κ1) is 19.9. The number of halogens is 1. The minimum Gasteiger partial charge on any atom is -0.367 e. The number of fused-ring (bicyclic) bond motifs is 8. The highest BCUT2D eigenvalue weighted by atomic mass is 19.1. The van der Waals surface area contributed by atoms with Gasteiger partial charge in [-0.15, -0.1) is 0 Å². The SMILES string of the molecule is CC1(C)OC1CC[C@@H](F)[C@H]1CC[C@H]2[C@@H]3C4OC4C4=CC(=O)CC[C@]4(C)[C@H]3CC[C@]12C. The van der Waals surface area contributed by atoms with Gasteiger partial charge < -0.3 is 9.47 Å². The van der Waals surface area contributed by atoms with Gasteiger partial charge in [-0.1, -0.05) is 13.8 Å². The average Bonchev–Trinajstić information content (AvgIpc) is 3.56. The molecule has 3 unspecified atom stereocenters. The van der Waals surface area contributed by atoms with Crippen molar-refractivity contribution in [1.82, 2.24) is 0 Å². The van der Waals surface area contributed by atoms with Gasteiger partial charge in [-0.25, -0.2) is 4.39 Å². The Balaban J connectivity index is 1.22. The molecule has 6 rings (SSSR count). The Morgan fingerprint density at radius 2 is 1.90 bits per heavy atom. The van der Waals surface area contributed by atoms with Crippen molar-refractivity contribution in [3.63, 3.8) is 0 Å².